The van der Waals surface area contributed by atoms with Crippen LogP contribution in [0.4, 0.5) is 0 Å². The zero-order valence-corrected chi connectivity index (χ0v) is 9.59. The first-order valence-corrected chi connectivity index (χ1v) is 2.06. The van der Waals surface area contributed by atoms with Gasteiger partial charge in [-0.2, -0.15) is 0 Å². The summed E-state index contributed by atoms with van der Waals surface area (Å²) in [5.41, 5.74) is 0. The van der Waals surface area contributed by atoms with Crippen molar-refractivity contribution in [3.05, 3.63) is 5.32 Å². The first-order chi connectivity index (χ1) is 3.29. The molecule has 0 radical (unpaired) electrons. The molecule has 1 saturated heterocycles. The van der Waals surface area contributed by atoms with E-state index in [1.807, 2.05) is 0 Å². The van der Waals surface area contributed by atoms with Crippen molar-refractivity contribution in [1.82, 2.24) is 0 Å². The minimum atomic E-state index is -0.273. The molecule has 4 heteroatoms. The third-order valence-corrected chi connectivity index (χ3v) is 0.802. The molecular weight excluding hydrogens is 180 g/mol. The second-order valence-corrected chi connectivity index (χ2v) is 1.40. The molecule has 0 N–H and O–H groups in total. The summed E-state index contributed by atoms with van der Waals surface area (Å²) in [5.74, 6) is -0.546. The number of imide groups is 1. The van der Waals surface area contributed by atoms with E-state index in [0.717, 1.165) is 0 Å². The van der Waals surface area contributed by atoms with Crippen molar-refractivity contribution < 1.29 is 67.8 Å². The third-order valence-electron chi connectivity index (χ3n) is 0.802. The van der Waals surface area contributed by atoms with E-state index in [9.17, 15) is 9.59 Å². The van der Waals surface area contributed by atoms with Crippen LogP contribution in [0.1, 0.15) is 12.8 Å². The molecule has 8 heavy (non-hydrogen) atoms. The fraction of sp³-hybridized carbons (Fsp3) is 0.500. The molecule has 3 nitrogen and oxygen atoms in total. The van der Waals surface area contributed by atoms with Gasteiger partial charge in [-0.15, -0.1) is 0 Å². The van der Waals surface area contributed by atoms with E-state index in [1.165, 1.54) is 0 Å². The summed E-state index contributed by atoms with van der Waals surface area (Å²) in [5, 5.41) is 3.11. The van der Waals surface area contributed by atoms with Gasteiger partial charge in [0.1, 0.15) is 0 Å². The molecule has 0 atom stereocenters. The van der Waals surface area contributed by atoms with Crippen molar-refractivity contribution in [1.29, 1.82) is 0 Å². The van der Waals surface area contributed by atoms with E-state index in [1.54, 1.807) is 0 Å². The van der Waals surface area contributed by atoms with E-state index in [-0.39, 0.29) is 70.0 Å². The number of carbonyl (C=O) groups excluding carboxylic acids is 2. The predicted molar refractivity (Wildman–Crippen MR) is 22.6 cm³/mol. The van der Waals surface area contributed by atoms with E-state index < -0.39 is 0 Å². The van der Waals surface area contributed by atoms with Crippen LogP contribution >= 0.6 is 0 Å². The number of hydrogen-bond donors (Lipinski definition) is 0. The van der Waals surface area contributed by atoms with Crippen LogP contribution in [0.25, 0.3) is 5.32 Å². The molecular formula is C4H4NO2Rb. The van der Waals surface area contributed by atoms with Gasteiger partial charge in [0.25, 0.3) is 0 Å². The number of hydrogen-bond acceptors (Lipinski definition) is 2. The Morgan fingerprint density at radius 2 is 1.50 bits per heavy atom. The van der Waals surface area contributed by atoms with Gasteiger partial charge >= 0.3 is 58.2 Å². The maximum Gasteiger partial charge on any atom is 1.00 e. The van der Waals surface area contributed by atoms with Gasteiger partial charge in [-0.25, -0.2) is 0 Å². The van der Waals surface area contributed by atoms with Gasteiger partial charge in [0.2, 0.25) is 0 Å². The number of carbonyl (C=O) groups is 2. The number of rotatable bonds is 0. The predicted octanol–water partition coefficient (Wildman–Crippen LogP) is -2.79. The summed E-state index contributed by atoms with van der Waals surface area (Å²) in [6, 6.07) is 0. The Labute approximate surface area is 96.0 Å². The third kappa shape index (κ3) is 2.48. The SMILES string of the molecule is O=C1CCC(=O)[N-]1.[Rb+]. The molecule has 0 unspecified atom stereocenters. The van der Waals surface area contributed by atoms with Crippen LogP contribution in [0, 0.1) is 0 Å². The maximum atomic E-state index is 10.1. The molecule has 0 aromatic carbocycles. The summed E-state index contributed by atoms with van der Waals surface area (Å²) >= 11 is 0. The van der Waals surface area contributed by atoms with Crippen LogP contribution in [-0.4, -0.2) is 11.8 Å². The Hall–Kier alpha value is 0.945. The van der Waals surface area contributed by atoms with Gasteiger partial charge in [-0.3, -0.25) is 0 Å². The number of amides is 2. The van der Waals surface area contributed by atoms with Gasteiger partial charge < -0.3 is 14.9 Å². The molecule has 2 amide bonds. The molecule has 0 saturated carbocycles. The Morgan fingerprint density at radius 3 is 1.62 bits per heavy atom. The topological polar surface area (TPSA) is 48.2 Å². The van der Waals surface area contributed by atoms with Crippen LogP contribution in [-0.2, 0) is 9.59 Å². The number of nitrogens with zero attached hydrogens (tertiary/aromatic N) is 1. The molecule has 1 aliphatic rings. The summed E-state index contributed by atoms with van der Waals surface area (Å²) < 4.78 is 0. The molecule has 0 spiro atoms. The van der Waals surface area contributed by atoms with Gasteiger partial charge in [-0.05, 0) is 12.8 Å². The van der Waals surface area contributed by atoms with Crippen molar-refractivity contribution in [2.75, 3.05) is 0 Å². The van der Waals surface area contributed by atoms with Gasteiger partial charge in [0.15, 0.2) is 0 Å². The Bertz CT molecular complexity index is 109. The Balaban J connectivity index is 0.000000490. The summed E-state index contributed by atoms with van der Waals surface area (Å²) in [6.07, 6.45) is 0.637. The van der Waals surface area contributed by atoms with Gasteiger partial charge in [0.05, 0.1) is 11.8 Å². The standard InChI is InChI=1S/C4H5NO2.Rb/c6-3-1-2-4(7)5-3;/h1-2H2,(H,5,6,7);/q;+1/p-1. The van der Waals surface area contributed by atoms with E-state index in [4.69, 9.17) is 0 Å². The van der Waals surface area contributed by atoms with Crippen molar-refractivity contribution in [2.45, 2.75) is 12.8 Å². The summed E-state index contributed by atoms with van der Waals surface area (Å²) in [6.45, 7) is 0. The van der Waals surface area contributed by atoms with Crippen LogP contribution in [0.3, 0.4) is 0 Å². The smallest absolute Gasteiger partial charge is 0.596 e. The van der Waals surface area contributed by atoms with E-state index in [0.29, 0.717) is 12.8 Å². The quantitative estimate of drug-likeness (QED) is 0.381. The van der Waals surface area contributed by atoms with Gasteiger partial charge in [0, 0.05) is 0 Å². The maximum absolute atomic E-state index is 10.1. The largest absolute Gasteiger partial charge is 1.00 e. The summed E-state index contributed by atoms with van der Waals surface area (Å²) in [4.78, 5) is 20.1. The van der Waals surface area contributed by atoms with Crippen molar-refractivity contribution in [2.24, 2.45) is 0 Å². The second kappa shape index (κ2) is 3.87. The first-order valence-electron chi connectivity index (χ1n) is 2.06. The van der Waals surface area contributed by atoms with Gasteiger partial charge in [-0.1, -0.05) is 0 Å². The molecule has 0 aromatic heterocycles. The van der Waals surface area contributed by atoms with E-state index >= 15 is 0 Å². The molecule has 1 aliphatic heterocycles. The zero-order chi connectivity index (χ0) is 5.28. The second-order valence-electron chi connectivity index (χ2n) is 1.40. The van der Waals surface area contributed by atoms with Crippen molar-refractivity contribution >= 4 is 11.8 Å². The van der Waals surface area contributed by atoms with Crippen LogP contribution in [0.2, 0.25) is 0 Å². The fourth-order valence-corrected chi connectivity index (χ4v) is 0.465. The van der Waals surface area contributed by atoms with Crippen molar-refractivity contribution in [3.63, 3.8) is 0 Å². The van der Waals surface area contributed by atoms with Crippen molar-refractivity contribution in [3.8, 4) is 0 Å². The minimum Gasteiger partial charge on any atom is -0.596 e. The molecule has 38 valence electrons. The molecule has 0 aromatic rings. The normalized spacial score (nSPS) is 17.5. The Kier molecular flexibility index (Phi) is 4.33. The average Bonchev–Trinajstić information content (AvgIpc) is 1.87. The molecule has 1 heterocycles. The molecule has 1 fully saturated rings. The monoisotopic (exact) mass is 183 g/mol. The fourth-order valence-electron chi connectivity index (χ4n) is 0.465. The minimum absolute atomic E-state index is 0. The van der Waals surface area contributed by atoms with Crippen LogP contribution in [0.5, 0.6) is 0 Å². The molecule has 0 aliphatic carbocycles. The Morgan fingerprint density at radius 1 is 1.12 bits per heavy atom. The summed E-state index contributed by atoms with van der Waals surface area (Å²) in [7, 11) is 0. The average molecular weight is 184 g/mol. The first kappa shape index (κ1) is 8.95. The molecule has 1 rings (SSSR count). The zero-order valence-electron chi connectivity index (χ0n) is 4.68. The van der Waals surface area contributed by atoms with Crippen LogP contribution < -0.4 is 58.2 Å². The van der Waals surface area contributed by atoms with Crippen LogP contribution in [0.15, 0.2) is 0 Å². The molecule has 0 bridgehead atoms. The van der Waals surface area contributed by atoms with E-state index in [2.05, 4.69) is 5.32 Å².